The van der Waals surface area contributed by atoms with Gasteiger partial charge in [-0.05, 0) is 18.2 Å². The number of hydrogen-bond donors (Lipinski definition) is 3. The fraction of sp³-hybridized carbons (Fsp3) is 0.111. The molecule has 0 saturated carbocycles. The molecule has 1 aromatic heterocycles. The van der Waals surface area contributed by atoms with Crippen LogP contribution < -0.4 is 25.6 Å². The molecule has 0 radical (unpaired) electrons. The van der Waals surface area contributed by atoms with Crippen molar-refractivity contribution in [3.05, 3.63) is 63.9 Å². The maximum absolute atomic E-state index is 11.7. The van der Waals surface area contributed by atoms with Crippen LogP contribution in [-0.2, 0) is 0 Å². The van der Waals surface area contributed by atoms with Gasteiger partial charge in [-0.25, -0.2) is 9.97 Å². The number of hydrazine groups is 1. The van der Waals surface area contributed by atoms with Crippen LogP contribution in [-0.4, -0.2) is 29.1 Å². The Hall–Kier alpha value is -3.79. The number of nitrogens with one attached hydrogen (secondary N) is 3. The Bertz CT molecular complexity index is 1020. The van der Waals surface area contributed by atoms with Gasteiger partial charge in [-0.3, -0.25) is 21.0 Å². The second-order valence-electron chi connectivity index (χ2n) is 5.60. The monoisotopic (exact) mass is 416 g/mol. The van der Waals surface area contributed by atoms with E-state index in [2.05, 4.69) is 26.1 Å². The molecule has 10 nitrogen and oxygen atoms in total. The molecule has 0 aliphatic carbocycles. The number of hydrogen-bond acceptors (Lipinski definition) is 9. The first-order valence-corrected chi connectivity index (χ1v) is 8.66. The average Bonchev–Trinajstić information content (AvgIpc) is 2.73. The SMILES string of the molecule is COc1cc(OC)c(Nc2ncnc(NNc3ccccc3)c2[N+](=O)[O-])cc1Cl. The molecule has 11 heteroatoms. The number of methoxy groups -OCH3 is 2. The van der Waals surface area contributed by atoms with E-state index in [9.17, 15) is 10.1 Å². The quantitative estimate of drug-likeness (QED) is 0.365. The fourth-order valence-corrected chi connectivity index (χ4v) is 2.71. The van der Waals surface area contributed by atoms with Crippen LogP contribution in [0.5, 0.6) is 11.5 Å². The molecule has 0 saturated heterocycles. The van der Waals surface area contributed by atoms with Gasteiger partial charge in [0.05, 0.1) is 35.5 Å². The van der Waals surface area contributed by atoms with Crippen molar-refractivity contribution in [3.63, 3.8) is 0 Å². The number of nitro groups is 1. The largest absolute Gasteiger partial charge is 0.495 e. The van der Waals surface area contributed by atoms with Crippen molar-refractivity contribution >= 4 is 40.3 Å². The van der Waals surface area contributed by atoms with Gasteiger partial charge < -0.3 is 14.8 Å². The van der Waals surface area contributed by atoms with Gasteiger partial charge in [0.15, 0.2) is 0 Å². The average molecular weight is 417 g/mol. The van der Waals surface area contributed by atoms with Crippen LogP contribution in [0, 0.1) is 10.1 Å². The van der Waals surface area contributed by atoms with Crippen LogP contribution in [0.2, 0.25) is 5.02 Å². The molecular weight excluding hydrogens is 400 g/mol. The zero-order valence-corrected chi connectivity index (χ0v) is 16.2. The van der Waals surface area contributed by atoms with Gasteiger partial charge in [-0.1, -0.05) is 29.8 Å². The molecule has 0 spiro atoms. The van der Waals surface area contributed by atoms with Crippen LogP contribution in [0.1, 0.15) is 0 Å². The van der Waals surface area contributed by atoms with E-state index in [0.29, 0.717) is 27.9 Å². The summed E-state index contributed by atoms with van der Waals surface area (Å²) in [6.45, 7) is 0. The third-order valence-electron chi connectivity index (χ3n) is 3.83. The van der Waals surface area contributed by atoms with E-state index in [1.165, 1.54) is 26.6 Å². The Kier molecular flexibility index (Phi) is 6.15. The Morgan fingerprint density at radius 3 is 2.34 bits per heavy atom. The maximum Gasteiger partial charge on any atom is 0.355 e. The number of anilines is 4. The van der Waals surface area contributed by atoms with Crippen molar-refractivity contribution in [2.24, 2.45) is 0 Å². The molecule has 150 valence electrons. The first kappa shape index (κ1) is 20.0. The summed E-state index contributed by atoms with van der Waals surface area (Å²) in [6.07, 6.45) is 1.20. The number of ether oxygens (including phenoxy) is 2. The summed E-state index contributed by atoms with van der Waals surface area (Å²) in [5.74, 6) is 0.716. The van der Waals surface area contributed by atoms with Crippen LogP contribution >= 0.6 is 11.6 Å². The minimum atomic E-state index is -0.588. The highest BCUT2D eigenvalue weighted by Gasteiger charge is 2.24. The molecule has 0 aliphatic heterocycles. The van der Waals surface area contributed by atoms with E-state index in [0.717, 1.165) is 0 Å². The van der Waals surface area contributed by atoms with Crippen LogP contribution in [0.15, 0.2) is 48.8 Å². The molecule has 0 atom stereocenters. The fourth-order valence-electron chi connectivity index (χ4n) is 2.47. The maximum atomic E-state index is 11.7. The Labute approximate surface area is 171 Å². The normalized spacial score (nSPS) is 10.2. The van der Waals surface area contributed by atoms with Crippen molar-refractivity contribution < 1.29 is 14.4 Å². The van der Waals surface area contributed by atoms with Gasteiger partial charge in [-0.2, -0.15) is 0 Å². The lowest BCUT2D eigenvalue weighted by atomic mass is 10.2. The minimum absolute atomic E-state index is 0.0186. The third kappa shape index (κ3) is 4.55. The highest BCUT2D eigenvalue weighted by molar-refractivity contribution is 6.32. The number of aromatic nitrogens is 2. The molecule has 1 heterocycles. The number of rotatable bonds is 8. The molecule has 0 bridgehead atoms. The lowest BCUT2D eigenvalue weighted by Crippen LogP contribution is -2.13. The van der Waals surface area contributed by atoms with Gasteiger partial charge >= 0.3 is 5.69 Å². The van der Waals surface area contributed by atoms with E-state index >= 15 is 0 Å². The summed E-state index contributed by atoms with van der Waals surface area (Å²) in [6, 6.07) is 12.2. The topological polar surface area (TPSA) is 123 Å². The number of benzene rings is 2. The number of halogens is 1. The molecule has 0 fully saturated rings. The second-order valence-corrected chi connectivity index (χ2v) is 6.01. The van der Waals surface area contributed by atoms with Crippen LogP contribution in [0.4, 0.5) is 28.7 Å². The third-order valence-corrected chi connectivity index (χ3v) is 4.13. The molecule has 3 N–H and O–H groups in total. The first-order chi connectivity index (χ1) is 14.0. The number of para-hydroxylation sites is 1. The summed E-state index contributed by atoms with van der Waals surface area (Å²) in [5, 5.41) is 14.9. The predicted octanol–water partition coefficient (Wildman–Crippen LogP) is 4.24. The smallest absolute Gasteiger partial charge is 0.355 e. The summed E-state index contributed by atoms with van der Waals surface area (Å²) in [4.78, 5) is 19.1. The highest BCUT2D eigenvalue weighted by Crippen LogP contribution is 2.39. The van der Waals surface area contributed by atoms with Crippen molar-refractivity contribution in [2.45, 2.75) is 0 Å². The van der Waals surface area contributed by atoms with Gasteiger partial charge in [0.25, 0.3) is 0 Å². The van der Waals surface area contributed by atoms with Crippen LogP contribution in [0.25, 0.3) is 0 Å². The summed E-state index contributed by atoms with van der Waals surface area (Å²) in [5.41, 5.74) is 6.32. The molecular formula is C18H17ClN6O4. The highest BCUT2D eigenvalue weighted by atomic mass is 35.5. The Balaban J connectivity index is 1.94. The predicted molar refractivity (Wildman–Crippen MR) is 110 cm³/mol. The van der Waals surface area contributed by atoms with Crippen molar-refractivity contribution in [1.82, 2.24) is 9.97 Å². The lowest BCUT2D eigenvalue weighted by Gasteiger charge is -2.14. The minimum Gasteiger partial charge on any atom is -0.495 e. The van der Waals surface area contributed by atoms with E-state index in [-0.39, 0.29) is 17.3 Å². The first-order valence-electron chi connectivity index (χ1n) is 8.28. The molecule has 29 heavy (non-hydrogen) atoms. The van der Waals surface area contributed by atoms with E-state index in [1.807, 2.05) is 18.2 Å². The zero-order valence-electron chi connectivity index (χ0n) is 15.5. The zero-order chi connectivity index (χ0) is 20.8. The standard InChI is InChI=1S/C18H17ClN6O4/c1-28-14-9-15(29-2)13(8-12(14)19)22-17-16(25(26)27)18(21-10-20-17)24-23-11-6-4-3-5-7-11/h3-10,23H,1-2H3,(H2,20,21,22,24). The molecule has 3 rings (SSSR count). The van der Waals surface area contributed by atoms with Crippen molar-refractivity contribution in [1.29, 1.82) is 0 Å². The number of nitrogens with zero attached hydrogens (tertiary/aromatic N) is 3. The molecule has 0 unspecified atom stereocenters. The van der Waals surface area contributed by atoms with Gasteiger partial charge in [-0.15, -0.1) is 0 Å². The molecule has 2 aromatic carbocycles. The second kappa shape index (κ2) is 8.93. The Morgan fingerprint density at radius 1 is 1.00 bits per heavy atom. The lowest BCUT2D eigenvalue weighted by molar-refractivity contribution is -0.383. The Morgan fingerprint density at radius 2 is 1.69 bits per heavy atom. The van der Waals surface area contributed by atoms with Crippen molar-refractivity contribution in [3.8, 4) is 11.5 Å². The molecule has 0 aliphatic rings. The van der Waals surface area contributed by atoms with Gasteiger partial charge in [0.1, 0.15) is 17.8 Å². The van der Waals surface area contributed by atoms with E-state index in [4.69, 9.17) is 21.1 Å². The molecule has 0 amide bonds. The van der Waals surface area contributed by atoms with Gasteiger partial charge in [0, 0.05) is 6.07 Å². The summed E-state index contributed by atoms with van der Waals surface area (Å²) in [7, 11) is 2.93. The van der Waals surface area contributed by atoms with E-state index in [1.54, 1.807) is 18.2 Å². The van der Waals surface area contributed by atoms with Crippen LogP contribution in [0.3, 0.4) is 0 Å². The van der Waals surface area contributed by atoms with E-state index < -0.39 is 4.92 Å². The van der Waals surface area contributed by atoms with Crippen molar-refractivity contribution in [2.75, 3.05) is 30.4 Å². The van der Waals surface area contributed by atoms with Gasteiger partial charge in [0.2, 0.25) is 11.6 Å². The molecule has 3 aromatic rings. The summed E-state index contributed by atoms with van der Waals surface area (Å²) < 4.78 is 10.5. The summed E-state index contributed by atoms with van der Waals surface area (Å²) >= 11 is 6.17.